The topological polar surface area (TPSA) is 74.5 Å². The summed E-state index contributed by atoms with van der Waals surface area (Å²) in [4.78, 5) is 18.8. The summed E-state index contributed by atoms with van der Waals surface area (Å²) >= 11 is 0. The fourth-order valence-corrected chi connectivity index (χ4v) is 3.71. The van der Waals surface area contributed by atoms with E-state index >= 15 is 0 Å². The monoisotopic (exact) mass is 524 g/mol. The van der Waals surface area contributed by atoms with Crippen LogP contribution in [-0.2, 0) is 17.9 Å². The number of nitrogens with zero attached hydrogens (tertiary/aromatic N) is 4. The van der Waals surface area contributed by atoms with Crippen molar-refractivity contribution in [2.24, 2.45) is 10.9 Å². The Morgan fingerprint density at radius 2 is 2.00 bits per heavy atom. The summed E-state index contributed by atoms with van der Waals surface area (Å²) < 4.78 is 1.93. The lowest BCUT2D eigenvalue weighted by Gasteiger charge is -2.34. The Morgan fingerprint density at radius 1 is 1.23 bits per heavy atom. The maximum absolute atomic E-state index is 11.6. The summed E-state index contributed by atoms with van der Waals surface area (Å²) in [5.41, 5.74) is 2.42. The molecule has 1 aliphatic rings. The van der Waals surface area contributed by atoms with Gasteiger partial charge in [0.1, 0.15) is 0 Å². The molecule has 2 heterocycles. The minimum Gasteiger partial charge on any atom is -0.359 e. The van der Waals surface area contributed by atoms with Crippen LogP contribution >= 0.6 is 24.0 Å². The molecule has 0 spiro atoms. The Kier molecular flexibility index (Phi) is 10.1. The minimum atomic E-state index is 0. The molecule has 1 aromatic heterocycles. The van der Waals surface area contributed by atoms with Gasteiger partial charge in [-0.2, -0.15) is 5.10 Å². The number of nitrogens with one attached hydrogen (secondary N) is 2. The third kappa shape index (κ3) is 7.30. The lowest BCUT2D eigenvalue weighted by atomic mass is 9.93. The average molecular weight is 524 g/mol. The van der Waals surface area contributed by atoms with E-state index in [1.54, 1.807) is 13.2 Å². The van der Waals surface area contributed by atoms with Crippen molar-refractivity contribution in [3.8, 4) is 0 Å². The SMILES string of the molecule is CCNC(=NCc1cccc(Cn2cccn2)c1)N1CCC(CC(=O)NC)CC1.I. The Labute approximate surface area is 196 Å². The van der Waals surface area contributed by atoms with Crippen LogP contribution in [0.2, 0.25) is 0 Å². The van der Waals surface area contributed by atoms with Gasteiger partial charge in [0, 0.05) is 45.5 Å². The van der Waals surface area contributed by atoms with Crippen LogP contribution in [0, 0.1) is 5.92 Å². The first kappa shape index (κ1) is 24.2. The normalized spacial score (nSPS) is 14.9. The summed E-state index contributed by atoms with van der Waals surface area (Å²) in [6.07, 6.45) is 6.45. The van der Waals surface area contributed by atoms with Crippen molar-refractivity contribution in [1.29, 1.82) is 0 Å². The number of amides is 1. The van der Waals surface area contributed by atoms with Gasteiger partial charge >= 0.3 is 0 Å². The number of guanidine groups is 1. The molecule has 0 saturated carbocycles. The van der Waals surface area contributed by atoms with Crippen molar-refractivity contribution in [3.63, 3.8) is 0 Å². The third-order valence-corrected chi connectivity index (χ3v) is 5.31. The van der Waals surface area contributed by atoms with E-state index in [-0.39, 0.29) is 29.9 Å². The zero-order chi connectivity index (χ0) is 20.5. The maximum atomic E-state index is 11.6. The molecule has 3 rings (SSSR count). The molecule has 0 bridgehead atoms. The Hall–Kier alpha value is -2.10. The zero-order valence-corrected chi connectivity index (χ0v) is 20.2. The molecular weight excluding hydrogens is 491 g/mol. The van der Waals surface area contributed by atoms with E-state index in [1.807, 2.05) is 16.9 Å². The molecule has 164 valence electrons. The van der Waals surface area contributed by atoms with E-state index in [9.17, 15) is 4.79 Å². The maximum Gasteiger partial charge on any atom is 0.220 e. The fourth-order valence-electron chi connectivity index (χ4n) is 3.71. The summed E-state index contributed by atoms with van der Waals surface area (Å²) in [5, 5.41) is 10.4. The Morgan fingerprint density at radius 3 is 2.67 bits per heavy atom. The fraction of sp³-hybridized carbons (Fsp3) is 0.500. The highest BCUT2D eigenvalue weighted by atomic mass is 127. The van der Waals surface area contributed by atoms with Gasteiger partial charge in [0.05, 0.1) is 13.1 Å². The van der Waals surface area contributed by atoms with Gasteiger partial charge in [0.15, 0.2) is 5.96 Å². The summed E-state index contributed by atoms with van der Waals surface area (Å²) in [6, 6.07) is 10.5. The van der Waals surface area contributed by atoms with Crippen LogP contribution in [0.4, 0.5) is 0 Å². The van der Waals surface area contributed by atoms with Crippen molar-refractivity contribution >= 4 is 35.8 Å². The van der Waals surface area contributed by atoms with E-state index in [1.165, 1.54) is 11.1 Å². The van der Waals surface area contributed by atoms with Crippen LogP contribution in [0.25, 0.3) is 0 Å². The molecule has 0 unspecified atom stereocenters. The second kappa shape index (κ2) is 12.6. The number of benzene rings is 1. The van der Waals surface area contributed by atoms with Crippen molar-refractivity contribution in [1.82, 2.24) is 25.3 Å². The van der Waals surface area contributed by atoms with Gasteiger partial charge in [0.2, 0.25) is 5.91 Å². The first-order valence-corrected chi connectivity index (χ1v) is 10.5. The Balaban J connectivity index is 0.00000320. The van der Waals surface area contributed by atoms with E-state index in [2.05, 4.69) is 51.8 Å². The smallest absolute Gasteiger partial charge is 0.220 e. The number of hydrogen-bond acceptors (Lipinski definition) is 3. The largest absolute Gasteiger partial charge is 0.359 e. The second-order valence-corrected chi connectivity index (χ2v) is 7.50. The van der Waals surface area contributed by atoms with Gasteiger partial charge in [0.25, 0.3) is 0 Å². The molecule has 1 fully saturated rings. The molecule has 2 aromatic rings. The van der Waals surface area contributed by atoms with Crippen LogP contribution in [0.5, 0.6) is 0 Å². The van der Waals surface area contributed by atoms with Gasteiger partial charge in [-0.15, -0.1) is 24.0 Å². The molecule has 1 aromatic carbocycles. The molecule has 1 saturated heterocycles. The standard InChI is InChI=1S/C22H32N6O.HI/c1-3-24-22(27-12-8-18(9-13-27)15-21(29)23-2)25-16-19-6-4-7-20(14-19)17-28-11-5-10-26-28;/h4-7,10-11,14,18H,3,8-9,12-13,15-17H2,1-2H3,(H,23,29)(H,24,25);1H. The number of rotatable bonds is 7. The molecule has 0 atom stereocenters. The number of likely N-dealkylation sites (tertiary alicyclic amines) is 1. The molecule has 0 aliphatic carbocycles. The highest BCUT2D eigenvalue weighted by Gasteiger charge is 2.23. The molecule has 7 nitrogen and oxygen atoms in total. The van der Waals surface area contributed by atoms with Crippen molar-refractivity contribution in [2.45, 2.75) is 39.3 Å². The number of halogens is 1. The van der Waals surface area contributed by atoms with Crippen LogP contribution in [-0.4, -0.2) is 53.2 Å². The molecule has 0 radical (unpaired) electrons. The van der Waals surface area contributed by atoms with Crippen molar-refractivity contribution in [2.75, 3.05) is 26.7 Å². The third-order valence-electron chi connectivity index (χ3n) is 5.31. The molecule has 2 N–H and O–H groups in total. The van der Waals surface area contributed by atoms with E-state index in [0.717, 1.165) is 45.0 Å². The number of piperidine rings is 1. The summed E-state index contributed by atoms with van der Waals surface area (Å²) in [7, 11) is 1.71. The van der Waals surface area contributed by atoms with Crippen LogP contribution in [0.15, 0.2) is 47.7 Å². The quantitative estimate of drug-likeness (QED) is 0.332. The molecule has 30 heavy (non-hydrogen) atoms. The van der Waals surface area contributed by atoms with Gasteiger partial charge in [-0.25, -0.2) is 4.99 Å². The van der Waals surface area contributed by atoms with E-state index < -0.39 is 0 Å². The molecule has 8 heteroatoms. The molecule has 1 aliphatic heterocycles. The number of carbonyl (C=O) groups excluding carboxylic acids is 1. The number of carbonyl (C=O) groups is 1. The average Bonchev–Trinajstić information content (AvgIpc) is 3.25. The first-order valence-electron chi connectivity index (χ1n) is 10.5. The van der Waals surface area contributed by atoms with Crippen LogP contribution in [0.3, 0.4) is 0 Å². The number of hydrogen-bond donors (Lipinski definition) is 2. The second-order valence-electron chi connectivity index (χ2n) is 7.50. The van der Waals surface area contributed by atoms with Gasteiger partial charge in [-0.1, -0.05) is 24.3 Å². The number of aromatic nitrogens is 2. The van der Waals surface area contributed by atoms with Gasteiger partial charge < -0.3 is 15.5 Å². The Bertz CT molecular complexity index is 800. The van der Waals surface area contributed by atoms with Gasteiger partial charge in [-0.05, 0) is 42.9 Å². The highest BCUT2D eigenvalue weighted by Crippen LogP contribution is 2.20. The predicted octanol–water partition coefficient (Wildman–Crippen LogP) is 2.86. The number of aliphatic imine (C=N–C) groups is 1. The first-order chi connectivity index (χ1) is 14.2. The zero-order valence-electron chi connectivity index (χ0n) is 17.9. The van der Waals surface area contributed by atoms with Crippen LogP contribution < -0.4 is 10.6 Å². The van der Waals surface area contributed by atoms with Crippen molar-refractivity contribution in [3.05, 3.63) is 53.9 Å². The van der Waals surface area contributed by atoms with E-state index in [0.29, 0.717) is 18.9 Å². The highest BCUT2D eigenvalue weighted by molar-refractivity contribution is 14.0. The van der Waals surface area contributed by atoms with Crippen molar-refractivity contribution < 1.29 is 4.79 Å². The lowest BCUT2D eigenvalue weighted by molar-refractivity contribution is -0.121. The minimum absolute atomic E-state index is 0. The predicted molar refractivity (Wildman–Crippen MR) is 131 cm³/mol. The lowest BCUT2D eigenvalue weighted by Crippen LogP contribution is -2.46. The summed E-state index contributed by atoms with van der Waals surface area (Å²) in [5.74, 6) is 1.57. The van der Waals surface area contributed by atoms with Crippen LogP contribution in [0.1, 0.15) is 37.3 Å². The molecule has 1 amide bonds. The molecular formula is C22H33IN6O. The van der Waals surface area contributed by atoms with Gasteiger partial charge in [-0.3, -0.25) is 9.48 Å². The van der Waals surface area contributed by atoms with E-state index in [4.69, 9.17) is 4.99 Å². The summed E-state index contributed by atoms with van der Waals surface area (Å²) in [6.45, 7) is 6.23.